The molecule has 0 saturated carbocycles. The van der Waals surface area contributed by atoms with Crippen LogP contribution in [-0.4, -0.2) is 23.4 Å². The van der Waals surface area contributed by atoms with Crippen LogP contribution in [0.4, 0.5) is 10.5 Å². The monoisotopic (exact) mass is 329 g/mol. The Morgan fingerprint density at radius 2 is 2.11 bits per heavy atom. The van der Waals surface area contributed by atoms with Crippen LogP contribution >= 0.6 is 15.9 Å². The summed E-state index contributed by atoms with van der Waals surface area (Å²) in [5, 5.41) is 11.6. The van der Waals surface area contributed by atoms with E-state index in [0.29, 0.717) is 18.5 Å². The largest absolute Gasteiger partial charge is 0.444 e. The average Bonchev–Trinajstić information content (AvgIpc) is 2.25. The van der Waals surface area contributed by atoms with Gasteiger partial charge in [0.2, 0.25) is 0 Å². The van der Waals surface area contributed by atoms with Crippen molar-refractivity contribution < 1.29 is 14.6 Å². The van der Waals surface area contributed by atoms with Crippen molar-refractivity contribution in [2.24, 2.45) is 0 Å². The Balaban J connectivity index is 2.80. The first-order valence-corrected chi connectivity index (χ1v) is 7.00. The predicted molar refractivity (Wildman–Crippen MR) is 79.4 cm³/mol. The van der Waals surface area contributed by atoms with Crippen LogP contribution in [0, 0.1) is 0 Å². The standard InChI is InChI=1S/C14H20BrNO3/c1-14(2,3)19-13(18)16-12-9-11(15)7-6-10(12)5-4-8-17/h6-7,9,17H,4-5,8H2,1-3H3,(H,16,18). The van der Waals surface area contributed by atoms with Gasteiger partial charge in [-0.25, -0.2) is 4.79 Å². The second-order valence-corrected chi connectivity index (χ2v) is 6.17. The van der Waals surface area contributed by atoms with Crippen LogP contribution in [0.3, 0.4) is 0 Å². The van der Waals surface area contributed by atoms with Crippen LogP contribution in [0.2, 0.25) is 0 Å². The van der Waals surface area contributed by atoms with Crippen LogP contribution in [0.25, 0.3) is 0 Å². The number of anilines is 1. The quantitative estimate of drug-likeness (QED) is 0.884. The van der Waals surface area contributed by atoms with E-state index in [9.17, 15) is 4.79 Å². The lowest BCUT2D eigenvalue weighted by Gasteiger charge is -2.20. The molecule has 0 spiro atoms. The zero-order valence-electron chi connectivity index (χ0n) is 11.5. The molecule has 0 aromatic heterocycles. The number of rotatable bonds is 4. The van der Waals surface area contributed by atoms with Gasteiger partial charge in [0.25, 0.3) is 0 Å². The first kappa shape index (κ1) is 16.0. The van der Waals surface area contributed by atoms with Gasteiger partial charge in [0.05, 0.1) is 0 Å². The predicted octanol–water partition coefficient (Wildman–Crippen LogP) is 3.72. The summed E-state index contributed by atoms with van der Waals surface area (Å²) in [5.41, 5.74) is 1.15. The maximum absolute atomic E-state index is 11.8. The molecular weight excluding hydrogens is 310 g/mol. The zero-order chi connectivity index (χ0) is 14.5. The SMILES string of the molecule is CC(C)(C)OC(=O)Nc1cc(Br)ccc1CCCO. The van der Waals surface area contributed by atoms with Crippen molar-refractivity contribution in [2.45, 2.75) is 39.2 Å². The molecule has 106 valence electrons. The molecule has 0 bridgehead atoms. The topological polar surface area (TPSA) is 58.6 Å². The summed E-state index contributed by atoms with van der Waals surface area (Å²) < 4.78 is 6.11. The number of aliphatic hydroxyl groups is 1. The third-order valence-electron chi connectivity index (χ3n) is 2.31. The second kappa shape index (κ2) is 6.91. The Morgan fingerprint density at radius 3 is 2.68 bits per heavy atom. The van der Waals surface area contributed by atoms with Crippen molar-refractivity contribution in [1.82, 2.24) is 0 Å². The highest BCUT2D eigenvalue weighted by molar-refractivity contribution is 9.10. The molecule has 1 amide bonds. The number of benzene rings is 1. The number of carbonyl (C=O) groups is 1. The molecule has 19 heavy (non-hydrogen) atoms. The normalized spacial score (nSPS) is 11.2. The number of nitrogens with one attached hydrogen (secondary N) is 1. The van der Waals surface area contributed by atoms with E-state index >= 15 is 0 Å². The lowest BCUT2D eigenvalue weighted by atomic mass is 10.1. The maximum atomic E-state index is 11.8. The van der Waals surface area contributed by atoms with Gasteiger partial charge in [-0.1, -0.05) is 22.0 Å². The van der Waals surface area contributed by atoms with E-state index in [1.807, 2.05) is 39.0 Å². The molecule has 1 aromatic rings. The van der Waals surface area contributed by atoms with E-state index in [2.05, 4.69) is 21.2 Å². The fourth-order valence-corrected chi connectivity index (χ4v) is 1.93. The molecule has 0 aliphatic heterocycles. The van der Waals surface area contributed by atoms with E-state index in [4.69, 9.17) is 9.84 Å². The fraction of sp³-hybridized carbons (Fsp3) is 0.500. The van der Waals surface area contributed by atoms with Gasteiger partial charge in [-0.2, -0.15) is 0 Å². The highest BCUT2D eigenvalue weighted by Crippen LogP contribution is 2.23. The van der Waals surface area contributed by atoms with Gasteiger partial charge >= 0.3 is 6.09 Å². The van der Waals surface area contributed by atoms with Gasteiger partial charge in [-0.3, -0.25) is 5.32 Å². The first-order chi connectivity index (χ1) is 8.81. The number of carbonyl (C=O) groups excluding carboxylic acids is 1. The molecule has 0 fully saturated rings. The molecule has 2 N–H and O–H groups in total. The van der Waals surface area contributed by atoms with Crippen molar-refractivity contribution in [1.29, 1.82) is 0 Å². The maximum Gasteiger partial charge on any atom is 0.412 e. The molecule has 0 aliphatic carbocycles. The number of amides is 1. The molecule has 4 nitrogen and oxygen atoms in total. The third kappa shape index (κ3) is 6.07. The van der Waals surface area contributed by atoms with Crippen molar-refractivity contribution in [2.75, 3.05) is 11.9 Å². The third-order valence-corrected chi connectivity index (χ3v) is 2.81. The summed E-state index contributed by atoms with van der Waals surface area (Å²) >= 11 is 3.37. The van der Waals surface area contributed by atoms with E-state index < -0.39 is 11.7 Å². The van der Waals surface area contributed by atoms with E-state index in [1.54, 1.807) is 0 Å². The number of hydrogen-bond donors (Lipinski definition) is 2. The summed E-state index contributed by atoms with van der Waals surface area (Å²) in [6.45, 7) is 5.59. The number of aryl methyl sites for hydroxylation is 1. The summed E-state index contributed by atoms with van der Waals surface area (Å²) in [5.74, 6) is 0. The van der Waals surface area contributed by atoms with E-state index in [-0.39, 0.29) is 6.61 Å². The van der Waals surface area contributed by atoms with Crippen molar-refractivity contribution in [3.63, 3.8) is 0 Å². The smallest absolute Gasteiger partial charge is 0.412 e. The van der Waals surface area contributed by atoms with Crippen LogP contribution in [0.5, 0.6) is 0 Å². The molecule has 0 atom stereocenters. The summed E-state index contributed by atoms with van der Waals surface area (Å²) in [6, 6.07) is 5.66. The van der Waals surface area contributed by atoms with E-state index in [0.717, 1.165) is 10.0 Å². The molecule has 0 radical (unpaired) electrons. The Morgan fingerprint density at radius 1 is 1.42 bits per heavy atom. The van der Waals surface area contributed by atoms with Gasteiger partial charge in [-0.05, 0) is 51.3 Å². The molecule has 0 unspecified atom stereocenters. The molecule has 0 aliphatic rings. The van der Waals surface area contributed by atoms with Gasteiger partial charge < -0.3 is 9.84 Å². The summed E-state index contributed by atoms with van der Waals surface area (Å²) in [7, 11) is 0. The molecule has 0 saturated heterocycles. The molecule has 5 heteroatoms. The molecule has 1 rings (SSSR count). The number of halogens is 1. The van der Waals surface area contributed by atoms with Crippen molar-refractivity contribution in [3.8, 4) is 0 Å². The molecule has 0 heterocycles. The van der Waals surface area contributed by atoms with Crippen molar-refractivity contribution >= 4 is 27.7 Å². The summed E-state index contributed by atoms with van der Waals surface area (Å²) in [4.78, 5) is 11.8. The Kier molecular flexibility index (Phi) is 5.82. The summed E-state index contributed by atoms with van der Waals surface area (Å²) in [6.07, 6.45) is 0.885. The number of hydrogen-bond acceptors (Lipinski definition) is 3. The lowest BCUT2D eigenvalue weighted by Crippen LogP contribution is -2.27. The van der Waals surface area contributed by atoms with Crippen LogP contribution in [0.1, 0.15) is 32.8 Å². The Labute approximate surface area is 122 Å². The zero-order valence-corrected chi connectivity index (χ0v) is 13.1. The highest BCUT2D eigenvalue weighted by atomic mass is 79.9. The number of aliphatic hydroxyl groups excluding tert-OH is 1. The molecule has 1 aromatic carbocycles. The fourth-order valence-electron chi connectivity index (χ4n) is 1.57. The average molecular weight is 330 g/mol. The van der Waals surface area contributed by atoms with Crippen molar-refractivity contribution in [3.05, 3.63) is 28.2 Å². The highest BCUT2D eigenvalue weighted by Gasteiger charge is 2.17. The minimum absolute atomic E-state index is 0.127. The van der Waals surface area contributed by atoms with Gasteiger partial charge in [0, 0.05) is 16.8 Å². The van der Waals surface area contributed by atoms with Gasteiger partial charge in [0.1, 0.15) is 5.60 Å². The Hall–Kier alpha value is -1.07. The van der Waals surface area contributed by atoms with Crippen LogP contribution in [0.15, 0.2) is 22.7 Å². The molecular formula is C14H20BrNO3. The van der Waals surface area contributed by atoms with Gasteiger partial charge in [-0.15, -0.1) is 0 Å². The van der Waals surface area contributed by atoms with Gasteiger partial charge in [0.15, 0.2) is 0 Å². The second-order valence-electron chi connectivity index (χ2n) is 5.26. The Bertz CT molecular complexity index is 441. The number of ether oxygens (including phenoxy) is 1. The first-order valence-electron chi connectivity index (χ1n) is 6.21. The van der Waals surface area contributed by atoms with Crippen LogP contribution in [-0.2, 0) is 11.2 Å². The lowest BCUT2D eigenvalue weighted by molar-refractivity contribution is 0.0636. The van der Waals surface area contributed by atoms with Crippen LogP contribution < -0.4 is 5.32 Å². The minimum atomic E-state index is -0.526. The van der Waals surface area contributed by atoms with E-state index in [1.165, 1.54) is 0 Å². The minimum Gasteiger partial charge on any atom is -0.444 e.